The first kappa shape index (κ1) is 25.5. The number of hydrogen-bond acceptors (Lipinski definition) is 7. The summed E-state index contributed by atoms with van der Waals surface area (Å²) in [6.07, 6.45) is 1.02. The Balaban J connectivity index is 1.25. The van der Waals surface area contributed by atoms with Gasteiger partial charge in [0.15, 0.2) is 0 Å². The lowest BCUT2D eigenvalue weighted by molar-refractivity contribution is 0.178. The second-order valence-corrected chi connectivity index (χ2v) is 11.7. The minimum absolute atomic E-state index is 0.350. The van der Waals surface area contributed by atoms with Crippen LogP contribution in [0.15, 0.2) is 71.6 Å². The number of hydrogen-bond donors (Lipinski definition) is 1. The molecule has 1 fully saturated rings. The summed E-state index contributed by atoms with van der Waals surface area (Å²) in [5.74, 6) is 1.61. The molecule has 37 heavy (non-hydrogen) atoms. The third kappa shape index (κ3) is 5.91. The van der Waals surface area contributed by atoms with Gasteiger partial charge < -0.3 is 10.2 Å². The van der Waals surface area contributed by atoms with E-state index in [9.17, 15) is 8.42 Å². The topological polar surface area (TPSA) is 81.7 Å². The Morgan fingerprint density at radius 3 is 2.41 bits per heavy atom. The standard InChI is InChI=1S/C28H34N6O2S/c1-32(2)15-7-14-29-28-25-10-5-6-11-26(25)30-27(31-28)21-33-16-18-34(19-17-33)37(35,36)24-13-12-22-8-3-4-9-23(22)20-24/h3-6,8-13,20H,7,14-19,21H2,1-2H3,(H,29,30,31). The zero-order valence-corrected chi connectivity index (χ0v) is 22.3. The van der Waals surface area contributed by atoms with Crippen LogP contribution in [0, 0.1) is 0 Å². The largest absolute Gasteiger partial charge is 0.369 e. The Bertz CT molecular complexity index is 1480. The van der Waals surface area contributed by atoms with E-state index in [0.29, 0.717) is 37.6 Å². The fourth-order valence-corrected chi connectivity index (χ4v) is 6.20. The fourth-order valence-electron chi connectivity index (χ4n) is 4.74. The van der Waals surface area contributed by atoms with E-state index in [-0.39, 0.29) is 0 Å². The summed E-state index contributed by atoms with van der Waals surface area (Å²) >= 11 is 0. The maximum Gasteiger partial charge on any atom is 0.243 e. The van der Waals surface area contributed by atoms with E-state index in [1.54, 1.807) is 16.4 Å². The SMILES string of the molecule is CN(C)CCCNc1nc(CN2CCN(S(=O)(=O)c3ccc4ccccc4c3)CC2)nc2ccccc12. The van der Waals surface area contributed by atoms with Gasteiger partial charge in [-0.05, 0) is 62.1 Å². The molecule has 4 aromatic rings. The van der Waals surface area contributed by atoms with Crippen molar-refractivity contribution in [3.05, 3.63) is 72.6 Å². The number of sulfonamides is 1. The van der Waals surface area contributed by atoms with Crippen LogP contribution in [-0.2, 0) is 16.6 Å². The van der Waals surface area contributed by atoms with Gasteiger partial charge in [-0.2, -0.15) is 4.31 Å². The Hall–Kier alpha value is -3.11. The molecule has 3 aromatic carbocycles. The third-order valence-corrected chi connectivity index (χ3v) is 8.67. The summed E-state index contributed by atoms with van der Waals surface area (Å²) < 4.78 is 28.2. The van der Waals surface area contributed by atoms with Crippen LogP contribution in [0.2, 0.25) is 0 Å². The lowest BCUT2D eigenvalue weighted by Crippen LogP contribution is -2.48. The molecular formula is C28H34N6O2S. The number of fused-ring (bicyclic) bond motifs is 2. The van der Waals surface area contributed by atoms with Gasteiger partial charge >= 0.3 is 0 Å². The molecule has 1 aliphatic heterocycles. The minimum Gasteiger partial charge on any atom is -0.369 e. The lowest BCUT2D eigenvalue weighted by atomic mass is 10.1. The molecule has 0 saturated carbocycles. The fraction of sp³-hybridized carbons (Fsp3) is 0.357. The van der Waals surface area contributed by atoms with Gasteiger partial charge in [0.05, 0.1) is 17.0 Å². The lowest BCUT2D eigenvalue weighted by Gasteiger charge is -2.33. The van der Waals surface area contributed by atoms with Crippen molar-refractivity contribution in [3.8, 4) is 0 Å². The predicted molar refractivity (Wildman–Crippen MR) is 149 cm³/mol. The quantitative estimate of drug-likeness (QED) is 0.339. The molecule has 1 saturated heterocycles. The summed E-state index contributed by atoms with van der Waals surface area (Å²) in [7, 11) is 0.606. The molecule has 0 radical (unpaired) electrons. The molecule has 1 aromatic heterocycles. The summed E-state index contributed by atoms with van der Waals surface area (Å²) in [6.45, 7) is 4.58. The molecule has 1 aliphatic rings. The van der Waals surface area contributed by atoms with Gasteiger partial charge in [-0.15, -0.1) is 0 Å². The molecule has 1 N–H and O–H groups in total. The van der Waals surface area contributed by atoms with Crippen LogP contribution in [-0.4, -0.2) is 85.9 Å². The van der Waals surface area contributed by atoms with E-state index in [1.807, 2.05) is 54.6 Å². The van der Waals surface area contributed by atoms with Crippen LogP contribution in [0.1, 0.15) is 12.2 Å². The average molecular weight is 519 g/mol. The van der Waals surface area contributed by atoms with Crippen LogP contribution in [0.5, 0.6) is 0 Å². The predicted octanol–water partition coefficient (Wildman–Crippen LogP) is 3.65. The summed E-state index contributed by atoms with van der Waals surface area (Å²) in [5.41, 5.74) is 0.917. The van der Waals surface area contributed by atoms with Crippen LogP contribution in [0.4, 0.5) is 5.82 Å². The van der Waals surface area contributed by atoms with Crippen LogP contribution >= 0.6 is 0 Å². The molecule has 0 bridgehead atoms. The van der Waals surface area contributed by atoms with Crippen LogP contribution in [0.3, 0.4) is 0 Å². The number of anilines is 1. The van der Waals surface area contributed by atoms with Crippen molar-refractivity contribution >= 4 is 37.5 Å². The van der Waals surface area contributed by atoms with Crippen molar-refractivity contribution in [2.75, 3.05) is 58.7 Å². The van der Waals surface area contributed by atoms with Crippen molar-refractivity contribution in [3.63, 3.8) is 0 Å². The summed E-state index contributed by atoms with van der Waals surface area (Å²) in [4.78, 5) is 14.4. The molecule has 0 amide bonds. The molecule has 8 nitrogen and oxygen atoms in total. The number of rotatable bonds is 9. The Morgan fingerprint density at radius 2 is 1.62 bits per heavy atom. The normalized spacial score (nSPS) is 15.5. The molecular weight excluding hydrogens is 484 g/mol. The maximum absolute atomic E-state index is 13.3. The maximum atomic E-state index is 13.3. The monoisotopic (exact) mass is 518 g/mol. The second kappa shape index (κ2) is 11.1. The number of nitrogens with zero attached hydrogens (tertiary/aromatic N) is 5. The highest BCUT2D eigenvalue weighted by molar-refractivity contribution is 7.89. The molecule has 0 unspecified atom stereocenters. The molecule has 5 rings (SSSR count). The summed E-state index contributed by atoms with van der Waals surface area (Å²) in [6, 6.07) is 21.2. The van der Waals surface area contributed by atoms with Crippen molar-refractivity contribution < 1.29 is 8.42 Å². The highest BCUT2D eigenvalue weighted by atomic mass is 32.2. The highest BCUT2D eigenvalue weighted by Gasteiger charge is 2.29. The first-order chi connectivity index (χ1) is 17.9. The van der Waals surface area contributed by atoms with E-state index in [0.717, 1.165) is 52.8 Å². The van der Waals surface area contributed by atoms with Gasteiger partial charge in [-0.1, -0.05) is 42.5 Å². The average Bonchev–Trinajstić information content (AvgIpc) is 2.91. The van der Waals surface area contributed by atoms with Gasteiger partial charge in [-0.25, -0.2) is 18.4 Å². The van der Waals surface area contributed by atoms with Crippen molar-refractivity contribution in [2.24, 2.45) is 0 Å². The first-order valence-corrected chi connectivity index (χ1v) is 14.2. The van der Waals surface area contributed by atoms with Gasteiger partial charge in [0.25, 0.3) is 0 Å². The number of piperazine rings is 1. The molecule has 0 spiro atoms. The van der Waals surface area contributed by atoms with E-state index < -0.39 is 10.0 Å². The zero-order valence-electron chi connectivity index (χ0n) is 21.5. The number of aromatic nitrogens is 2. The van der Waals surface area contributed by atoms with Crippen molar-refractivity contribution in [1.82, 2.24) is 24.1 Å². The highest BCUT2D eigenvalue weighted by Crippen LogP contribution is 2.24. The smallest absolute Gasteiger partial charge is 0.243 e. The third-order valence-electron chi connectivity index (χ3n) is 6.78. The van der Waals surface area contributed by atoms with E-state index >= 15 is 0 Å². The summed E-state index contributed by atoms with van der Waals surface area (Å²) in [5, 5.41) is 6.48. The van der Waals surface area contributed by atoms with Crippen molar-refractivity contribution in [1.29, 1.82) is 0 Å². The number of benzene rings is 3. The Labute approximate surface area is 219 Å². The van der Waals surface area contributed by atoms with Gasteiger partial charge in [0, 0.05) is 38.1 Å². The molecule has 194 valence electrons. The molecule has 9 heteroatoms. The Morgan fingerprint density at radius 1 is 0.892 bits per heavy atom. The molecule has 0 aliphatic carbocycles. The minimum atomic E-state index is -3.54. The van der Waals surface area contributed by atoms with E-state index in [1.165, 1.54) is 0 Å². The first-order valence-electron chi connectivity index (χ1n) is 12.8. The van der Waals surface area contributed by atoms with E-state index in [4.69, 9.17) is 9.97 Å². The molecule has 0 atom stereocenters. The zero-order chi connectivity index (χ0) is 25.8. The second-order valence-electron chi connectivity index (χ2n) is 9.78. The van der Waals surface area contributed by atoms with Gasteiger partial charge in [-0.3, -0.25) is 4.90 Å². The van der Waals surface area contributed by atoms with Crippen LogP contribution in [0.25, 0.3) is 21.7 Å². The van der Waals surface area contributed by atoms with Crippen LogP contribution < -0.4 is 5.32 Å². The Kier molecular flexibility index (Phi) is 7.66. The van der Waals surface area contributed by atoms with E-state index in [2.05, 4.69) is 29.2 Å². The van der Waals surface area contributed by atoms with Crippen molar-refractivity contribution in [2.45, 2.75) is 17.9 Å². The van der Waals surface area contributed by atoms with Gasteiger partial charge in [0.1, 0.15) is 11.6 Å². The van der Waals surface area contributed by atoms with Gasteiger partial charge in [0.2, 0.25) is 10.0 Å². The number of nitrogens with one attached hydrogen (secondary N) is 1. The molecule has 2 heterocycles. The number of para-hydroxylation sites is 1.